The molecule has 2 rings (SSSR count). The molecule has 0 unspecified atom stereocenters. The number of nitrogens with one attached hydrogen (secondary N) is 1. The maximum atomic E-state index is 13.0. The summed E-state index contributed by atoms with van der Waals surface area (Å²) < 4.78 is 41.1. The average molecular weight is 451 g/mol. The van der Waals surface area contributed by atoms with Crippen molar-refractivity contribution in [1.82, 2.24) is 0 Å². The molecule has 1 N–H and O–H groups in total. The molecule has 31 heavy (non-hydrogen) atoms. The quantitative estimate of drug-likeness (QED) is 0.615. The molecule has 0 spiro atoms. The number of aryl methyl sites for hydroxylation is 1. The second-order valence-corrected chi connectivity index (χ2v) is 8.66. The van der Waals surface area contributed by atoms with E-state index in [0.29, 0.717) is 5.69 Å². The summed E-state index contributed by atoms with van der Waals surface area (Å²) in [5.41, 5.74) is 1.42. The molecule has 9 nitrogen and oxygen atoms in total. The third kappa shape index (κ3) is 5.46. The number of sulfonamides is 1. The van der Waals surface area contributed by atoms with Crippen molar-refractivity contribution in [3.8, 4) is 11.5 Å². The lowest BCUT2D eigenvalue weighted by molar-refractivity contribution is -0.116. The topological polar surface area (TPSA) is 111 Å². The normalized spacial score (nSPS) is 11.9. The highest BCUT2D eigenvalue weighted by Gasteiger charge is 2.30. The first-order valence-corrected chi connectivity index (χ1v) is 11.1. The molecule has 1 atom stereocenters. The highest BCUT2D eigenvalue weighted by Crippen LogP contribution is 2.34. The van der Waals surface area contributed by atoms with E-state index >= 15 is 0 Å². The van der Waals surface area contributed by atoms with Crippen molar-refractivity contribution in [1.29, 1.82) is 0 Å². The van der Waals surface area contributed by atoms with Gasteiger partial charge in [0.15, 0.2) is 11.5 Å². The van der Waals surface area contributed by atoms with Gasteiger partial charge in [0.25, 0.3) is 0 Å². The summed E-state index contributed by atoms with van der Waals surface area (Å²) in [5.74, 6) is -0.811. The monoisotopic (exact) mass is 450 g/mol. The van der Waals surface area contributed by atoms with Gasteiger partial charge < -0.3 is 19.5 Å². The van der Waals surface area contributed by atoms with Crippen molar-refractivity contribution < 1.29 is 32.2 Å². The van der Waals surface area contributed by atoms with Crippen LogP contribution in [0.15, 0.2) is 36.4 Å². The molecule has 0 aliphatic heterocycles. The molecule has 0 heterocycles. The Balaban J connectivity index is 2.46. The number of esters is 1. The minimum atomic E-state index is -3.79. The van der Waals surface area contributed by atoms with Crippen LogP contribution in [0, 0.1) is 6.92 Å². The minimum absolute atomic E-state index is 0.0296. The van der Waals surface area contributed by atoms with Gasteiger partial charge in [0.05, 0.1) is 44.5 Å². The number of carbonyl (C=O) groups is 2. The third-order valence-corrected chi connectivity index (χ3v) is 5.81. The molecule has 1 amide bonds. The first-order valence-electron chi connectivity index (χ1n) is 9.24. The van der Waals surface area contributed by atoms with Crippen molar-refractivity contribution in [3.05, 3.63) is 47.5 Å². The first-order chi connectivity index (χ1) is 14.5. The van der Waals surface area contributed by atoms with E-state index in [-0.39, 0.29) is 22.7 Å². The lowest BCUT2D eigenvalue weighted by atomic mass is 10.1. The van der Waals surface area contributed by atoms with Crippen LogP contribution in [0.5, 0.6) is 11.5 Å². The van der Waals surface area contributed by atoms with Gasteiger partial charge in [-0.3, -0.25) is 9.10 Å². The second-order valence-electron chi connectivity index (χ2n) is 6.80. The number of carbonyl (C=O) groups excluding carboxylic acids is 2. The van der Waals surface area contributed by atoms with Gasteiger partial charge in [0, 0.05) is 12.1 Å². The summed E-state index contributed by atoms with van der Waals surface area (Å²) in [5, 5.41) is 2.60. The van der Waals surface area contributed by atoms with E-state index in [9.17, 15) is 18.0 Å². The van der Waals surface area contributed by atoms with Gasteiger partial charge in [0.2, 0.25) is 15.9 Å². The Morgan fingerprint density at radius 2 is 1.55 bits per heavy atom. The molecule has 168 valence electrons. The van der Waals surface area contributed by atoms with Gasteiger partial charge in [-0.1, -0.05) is 17.7 Å². The summed E-state index contributed by atoms with van der Waals surface area (Å²) in [6, 6.07) is 8.42. The molecule has 0 aliphatic carbocycles. The van der Waals surface area contributed by atoms with Crippen LogP contribution in [0.4, 0.5) is 11.4 Å². The van der Waals surface area contributed by atoms with Crippen molar-refractivity contribution in [2.75, 3.05) is 37.2 Å². The zero-order valence-electron chi connectivity index (χ0n) is 18.3. The van der Waals surface area contributed by atoms with Crippen LogP contribution in [-0.2, 0) is 19.6 Å². The molecular formula is C21H26N2O7S. The van der Waals surface area contributed by atoms with E-state index in [0.717, 1.165) is 16.1 Å². The van der Waals surface area contributed by atoms with Crippen LogP contribution in [0.25, 0.3) is 0 Å². The molecule has 0 saturated carbocycles. The Labute approximate surface area is 182 Å². The van der Waals surface area contributed by atoms with Gasteiger partial charge in [0.1, 0.15) is 6.04 Å². The van der Waals surface area contributed by atoms with Crippen LogP contribution in [-0.4, -0.2) is 53.9 Å². The number of anilines is 2. The number of ether oxygens (including phenoxy) is 3. The Bertz CT molecular complexity index is 1070. The standard InChI is InChI=1S/C21H26N2O7S/c1-13-7-9-15(10-8-13)23(31(6,26)27)14(2)20(24)22-17-12-19(29-4)18(28-3)11-16(17)21(25)30-5/h7-12,14H,1-6H3,(H,22,24)/t14-/m1/s1. The van der Waals surface area contributed by atoms with Crippen LogP contribution in [0.3, 0.4) is 0 Å². The molecule has 2 aromatic rings. The SMILES string of the molecule is COC(=O)c1cc(OC)c(OC)cc1NC(=O)[C@@H](C)N(c1ccc(C)cc1)S(C)(=O)=O. The Hall–Kier alpha value is -3.27. The zero-order valence-corrected chi connectivity index (χ0v) is 19.1. The fourth-order valence-corrected chi connectivity index (χ4v) is 4.17. The van der Waals surface area contributed by atoms with E-state index in [1.54, 1.807) is 24.3 Å². The number of hydrogen-bond donors (Lipinski definition) is 1. The molecule has 0 aliphatic rings. The van der Waals surface area contributed by atoms with Crippen LogP contribution >= 0.6 is 0 Å². The third-order valence-electron chi connectivity index (χ3n) is 4.56. The van der Waals surface area contributed by atoms with E-state index < -0.39 is 27.9 Å². The van der Waals surface area contributed by atoms with Crippen molar-refractivity contribution in [2.45, 2.75) is 19.9 Å². The van der Waals surface area contributed by atoms with E-state index in [4.69, 9.17) is 14.2 Å². The predicted octanol–water partition coefficient (Wildman–Crippen LogP) is 2.59. The van der Waals surface area contributed by atoms with Crippen LogP contribution in [0.2, 0.25) is 0 Å². The van der Waals surface area contributed by atoms with Gasteiger partial charge in [-0.25, -0.2) is 13.2 Å². The molecule has 0 radical (unpaired) electrons. The summed E-state index contributed by atoms with van der Waals surface area (Å²) in [6.45, 7) is 3.32. The van der Waals surface area contributed by atoms with E-state index in [1.165, 1.54) is 40.4 Å². The van der Waals surface area contributed by atoms with Crippen LogP contribution < -0.4 is 19.1 Å². The highest BCUT2D eigenvalue weighted by atomic mass is 32.2. The fraction of sp³-hybridized carbons (Fsp3) is 0.333. The Morgan fingerprint density at radius 3 is 2.03 bits per heavy atom. The Morgan fingerprint density at radius 1 is 1.00 bits per heavy atom. The van der Waals surface area contributed by atoms with E-state index in [2.05, 4.69) is 5.32 Å². The Kier molecular flexibility index (Phi) is 7.50. The summed E-state index contributed by atoms with van der Waals surface area (Å²) in [7, 11) is 0.236. The van der Waals surface area contributed by atoms with Gasteiger partial charge in [-0.2, -0.15) is 0 Å². The minimum Gasteiger partial charge on any atom is -0.493 e. The maximum Gasteiger partial charge on any atom is 0.340 e. The molecule has 2 aromatic carbocycles. The highest BCUT2D eigenvalue weighted by molar-refractivity contribution is 7.92. The summed E-state index contributed by atoms with van der Waals surface area (Å²) in [6.07, 6.45) is 1.02. The zero-order chi connectivity index (χ0) is 23.3. The number of nitrogens with zero attached hydrogens (tertiary/aromatic N) is 1. The largest absolute Gasteiger partial charge is 0.493 e. The lowest BCUT2D eigenvalue weighted by Crippen LogP contribution is -2.45. The van der Waals surface area contributed by atoms with Gasteiger partial charge in [-0.05, 0) is 26.0 Å². The molecular weight excluding hydrogens is 424 g/mol. The van der Waals surface area contributed by atoms with Gasteiger partial charge in [-0.15, -0.1) is 0 Å². The second kappa shape index (κ2) is 9.69. The molecule has 0 fully saturated rings. The number of rotatable bonds is 8. The lowest BCUT2D eigenvalue weighted by Gasteiger charge is -2.28. The summed E-state index contributed by atoms with van der Waals surface area (Å²) >= 11 is 0. The first kappa shape index (κ1) is 24.0. The fourth-order valence-electron chi connectivity index (χ4n) is 3.00. The number of amides is 1. The number of methoxy groups -OCH3 is 3. The molecule has 0 bridgehead atoms. The number of benzene rings is 2. The molecule has 0 aromatic heterocycles. The predicted molar refractivity (Wildman–Crippen MR) is 117 cm³/mol. The number of hydrogen-bond acceptors (Lipinski definition) is 7. The van der Waals surface area contributed by atoms with Crippen molar-refractivity contribution in [3.63, 3.8) is 0 Å². The van der Waals surface area contributed by atoms with E-state index in [1.807, 2.05) is 6.92 Å². The molecule has 0 saturated heterocycles. The van der Waals surface area contributed by atoms with Crippen LogP contribution in [0.1, 0.15) is 22.8 Å². The van der Waals surface area contributed by atoms with Crippen molar-refractivity contribution >= 4 is 33.3 Å². The maximum absolute atomic E-state index is 13.0. The molecule has 10 heteroatoms. The summed E-state index contributed by atoms with van der Waals surface area (Å²) in [4.78, 5) is 25.2. The average Bonchev–Trinajstić information content (AvgIpc) is 2.73. The smallest absolute Gasteiger partial charge is 0.340 e. The van der Waals surface area contributed by atoms with Crippen molar-refractivity contribution in [2.24, 2.45) is 0 Å². The van der Waals surface area contributed by atoms with Gasteiger partial charge >= 0.3 is 5.97 Å².